The molecule has 2 aliphatic rings. The second-order valence-electron chi connectivity index (χ2n) is 4.71. The maximum Gasteiger partial charge on any atom is 0.243 e. The molecule has 108 valence electrons. The second kappa shape index (κ2) is 5.42. The van der Waals surface area contributed by atoms with Crippen molar-refractivity contribution in [3.8, 4) is 12.1 Å². The van der Waals surface area contributed by atoms with Crippen LogP contribution >= 0.6 is 23.4 Å². The Hall–Kier alpha value is -2.41. The topological polar surface area (TPSA) is 93.9 Å². The van der Waals surface area contributed by atoms with Crippen LogP contribution in [0.25, 0.3) is 0 Å². The lowest BCUT2D eigenvalue weighted by Crippen LogP contribution is -2.35. The summed E-state index contributed by atoms with van der Waals surface area (Å²) in [6.45, 7) is 0. The smallest absolute Gasteiger partial charge is 0.243 e. The summed E-state index contributed by atoms with van der Waals surface area (Å²) in [5.74, 6) is -0.588. The molecule has 1 atom stereocenters. The van der Waals surface area contributed by atoms with Crippen molar-refractivity contribution in [2.24, 2.45) is 5.73 Å². The number of nitrogens with two attached hydrogens (primary N) is 1. The van der Waals surface area contributed by atoms with Crippen LogP contribution in [0.15, 0.2) is 46.3 Å². The summed E-state index contributed by atoms with van der Waals surface area (Å²) in [7, 11) is 0. The zero-order valence-corrected chi connectivity index (χ0v) is 12.8. The molecule has 1 amide bonds. The van der Waals surface area contributed by atoms with Crippen LogP contribution in [0, 0.1) is 22.7 Å². The van der Waals surface area contributed by atoms with Gasteiger partial charge in [-0.05, 0) is 11.6 Å². The first-order valence-corrected chi connectivity index (χ1v) is 7.70. The van der Waals surface area contributed by atoms with Gasteiger partial charge in [-0.15, -0.1) is 0 Å². The third kappa shape index (κ3) is 1.97. The Kier molecular flexibility index (Phi) is 3.58. The average molecular weight is 329 g/mol. The third-order valence-electron chi connectivity index (χ3n) is 3.57. The van der Waals surface area contributed by atoms with Gasteiger partial charge in [-0.25, -0.2) is 0 Å². The van der Waals surface area contributed by atoms with Gasteiger partial charge >= 0.3 is 0 Å². The molecule has 2 aliphatic heterocycles. The number of nitriles is 2. The molecule has 1 aromatic rings. The van der Waals surface area contributed by atoms with Gasteiger partial charge in [-0.3, -0.25) is 9.69 Å². The van der Waals surface area contributed by atoms with Crippen LogP contribution < -0.4 is 5.73 Å². The van der Waals surface area contributed by atoms with Gasteiger partial charge in [0.15, 0.2) is 0 Å². The van der Waals surface area contributed by atoms with Crippen molar-refractivity contribution >= 4 is 29.3 Å². The van der Waals surface area contributed by atoms with E-state index >= 15 is 0 Å². The van der Waals surface area contributed by atoms with E-state index in [0.717, 1.165) is 0 Å². The Labute approximate surface area is 136 Å². The Morgan fingerprint density at radius 1 is 1.27 bits per heavy atom. The van der Waals surface area contributed by atoms with E-state index in [1.807, 2.05) is 6.07 Å². The molecule has 1 aromatic carbocycles. The fraction of sp³-hybridized carbons (Fsp3) is 0.133. The van der Waals surface area contributed by atoms with Gasteiger partial charge in [-0.2, -0.15) is 10.5 Å². The number of thioether (sulfide) groups is 1. The number of rotatable bonds is 1. The van der Waals surface area contributed by atoms with Crippen molar-refractivity contribution in [2.45, 2.75) is 5.92 Å². The highest BCUT2D eigenvalue weighted by Crippen LogP contribution is 2.47. The van der Waals surface area contributed by atoms with Gasteiger partial charge in [0.2, 0.25) is 5.91 Å². The van der Waals surface area contributed by atoms with Crippen LogP contribution in [0.5, 0.6) is 0 Å². The number of nitrogens with zero attached hydrogens (tertiary/aromatic N) is 3. The van der Waals surface area contributed by atoms with Gasteiger partial charge < -0.3 is 5.73 Å². The summed E-state index contributed by atoms with van der Waals surface area (Å²) in [6, 6.07) is 11.2. The fourth-order valence-corrected chi connectivity index (χ4v) is 3.89. The molecule has 0 spiro atoms. The lowest BCUT2D eigenvalue weighted by molar-refractivity contribution is -0.124. The summed E-state index contributed by atoms with van der Waals surface area (Å²) in [6.07, 6.45) is 0. The SMILES string of the molecule is N#CC1=C(N)N2C(=O)CSC2=C(C#N)[C@H]1c1ccccc1Cl. The van der Waals surface area contributed by atoms with Crippen molar-refractivity contribution in [3.05, 3.63) is 56.8 Å². The van der Waals surface area contributed by atoms with E-state index < -0.39 is 5.92 Å². The molecule has 0 unspecified atom stereocenters. The third-order valence-corrected chi connectivity index (χ3v) is 4.98. The molecule has 0 bridgehead atoms. The Morgan fingerprint density at radius 3 is 2.59 bits per heavy atom. The first-order valence-electron chi connectivity index (χ1n) is 6.34. The first-order chi connectivity index (χ1) is 10.6. The Bertz CT molecular complexity index is 831. The monoisotopic (exact) mass is 328 g/mol. The van der Waals surface area contributed by atoms with E-state index in [1.165, 1.54) is 16.7 Å². The highest BCUT2D eigenvalue weighted by atomic mass is 35.5. The van der Waals surface area contributed by atoms with E-state index in [-0.39, 0.29) is 23.1 Å². The molecule has 5 nitrogen and oxygen atoms in total. The lowest BCUT2D eigenvalue weighted by Gasteiger charge is -2.30. The molecule has 22 heavy (non-hydrogen) atoms. The van der Waals surface area contributed by atoms with Crippen LogP contribution in [0.4, 0.5) is 0 Å². The van der Waals surface area contributed by atoms with E-state index in [1.54, 1.807) is 24.3 Å². The number of halogens is 1. The molecule has 1 fully saturated rings. The molecule has 0 radical (unpaired) electrons. The zero-order chi connectivity index (χ0) is 15.9. The molecule has 1 saturated heterocycles. The number of carbonyl (C=O) groups excluding carboxylic acids is 1. The number of hydrogen-bond donors (Lipinski definition) is 1. The van der Waals surface area contributed by atoms with E-state index in [0.29, 0.717) is 21.2 Å². The highest BCUT2D eigenvalue weighted by Gasteiger charge is 2.42. The molecule has 3 rings (SSSR count). The molecular weight excluding hydrogens is 320 g/mol. The first kappa shape index (κ1) is 14.5. The summed E-state index contributed by atoms with van der Waals surface area (Å²) >= 11 is 7.48. The van der Waals surface area contributed by atoms with E-state index in [2.05, 4.69) is 6.07 Å². The second-order valence-corrected chi connectivity index (χ2v) is 6.08. The molecule has 2 heterocycles. The largest absolute Gasteiger partial charge is 0.384 e. The van der Waals surface area contributed by atoms with Crippen molar-refractivity contribution < 1.29 is 4.79 Å². The molecular formula is C15H9ClN4OS. The predicted octanol–water partition coefficient (Wildman–Crippen LogP) is 2.44. The maximum absolute atomic E-state index is 12.0. The molecule has 7 heteroatoms. The number of fused-ring (bicyclic) bond motifs is 1. The van der Waals surface area contributed by atoms with Crippen LogP contribution in [0.1, 0.15) is 11.5 Å². The minimum Gasteiger partial charge on any atom is -0.384 e. The van der Waals surface area contributed by atoms with Gasteiger partial charge in [0, 0.05) is 5.02 Å². The van der Waals surface area contributed by atoms with Crippen molar-refractivity contribution in [2.75, 3.05) is 5.75 Å². The average Bonchev–Trinajstić information content (AvgIpc) is 2.90. The van der Waals surface area contributed by atoms with Gasteiger partial charge in [0.25, 0.3) is 0 Å². The van der Waals surface area contributed by atoms with Gasteiger partial charge in [-0.1, -0.05) is 41.6 Å². The van der Waals surface area contributed by atoms with Crippen LogP contribution in [-0.4, -0.2) is 16.6 Å². The molecule has 0 aliphatic carbocycles. The Balaban J connectivity index is 2.29. The van der Waals surface area contributed by atoms with E-state index in [9.17, 15) is 15.3 Å². The standard InChI is InChI=1S/C15H9ClN4OS/c16-11-4-2-1-3-8(11)13-9(5-17)14(19)20-12(21)7-22-15(20)10(13)6-18/h1-4,13H,7,19H2/t13-/m0/s1. The number of amides is 1. The maximum atomic E-state index is 12.0. The van der Waals surface area contributed by atoms with Gasteiger partial charge in [0.1, 0.15) is 5.82 Å². The predicted molar refractivity (Wildman–Crippen MR) is 83.0 cm³/mol. The van der Waals surface area contributed by atoms with Crippen LogP contribution in [0.2, 0.25) is 5.02 Å². The quantitative estimate of drug-likeness (QED) is 0.854. The fourth-order valence-electron chi connectivity index (χ4n) is 2.60. The number of allylic oxidation sites excluding steroid dienone is 2. The van der Waals surface area contributed by atoms with Crippen molar-refractivity contribution in [1.82, 2.24) is 4.90 Å². The lowest BCUT2D eigenvalue weighted by atomic mass is 9.83. The zero-order valence-electron chi connectivity index (χ0n) is 11.2. The summed E-state index contributed by atoms with van der Waals surface area (Å²) in [5.41, 5.74) is 7.15. The molecule has 0 saturated carbocycles. The number of carbonyl (C=O) groups is 1. The van der Waals surface area contributed by atoms with Crippen molar-refractivity contribution in [1.29, 1.82) is 10.5 Å². The summed E-state index contributed by atoms with van der Waals surface area (Å²) < 4.78 is 0. The van der Waals surface area contributed by atoms with E-state index in [4.69, 9.17) is 17.3 Å². The number of benzene rings is 1. The van der Waals surface area contributed by atoms with Gasteiger partial charge in [0.05, 0.1) is 40.0 Å². The normalized spacial score (nSPS) is 20.8. The van der Waals surface area contributed by atoms with Crippen LogP contribution in [-0.2, 0) is 4.79 Å². The van der Waals surface area contributed by atoms with Crippen molar-refractivity contribution in [3.63, 3.8) is 0 Å². The number of hydrogen-bond acceptors (Lipinski definition) is 5. The molecule has 0 aromatic heterocycles. The molecule has 2 N–H and O–H groups in total. The summed E-state index contributed by atoms with van der Waals surface area (Å²) in [4.78, 5) is 13.2. The van der Waals surface area contributed by atoms with Crippen LogP contribution in [0.3, 0.4) is 0 Å². The Morgan fingerprint density at radius 2 is 1.95 bits per heavy atom. The minimum absolute atomic E-state index is 0.0800. The summed E-state index contributed by atoms with van der Waals surface area (Å²) in [5, 5.41) is 20.0. The minimum atomic E-state index is -0.645. The highest BCUT2D eigenvalue weighted by molar-refractivity contribution is 8.04.